The first kappa shape index (κ1) is 14.4. The molecule has 2 aromatic heterocycles. The summed E-state index contributed by atoms with van der Waals surface area (Å²) in [6, 6.07) is 0. The summed E-state index contributed by atoms with van der Waals surface area (Å²) in [6.07, 6.45) is 0. The molecule has 2 rings (SSSR count). The molecule has 0 spiro atoms. The highest BCUT2D eigenvalue weighted by atomic mass is 79.9. The van der Waals surface area contributed by atoms with Crippen LogP contribution in [-0.2, 0) is 0 Å². The van der Waals surface area contributed by atoms with Crippen molar-refractivity contribution >= 4 is 75.5 Å². The van der Waals surface area contributed by atoms with Gasteiger partial charge in [0.05, 0.1) is 24.4 Å². The lowest BCUT2D eigenvalue weighted by atomic mass is 10.1. The summed E-state index contributed by atoms with van der Waals surface area (Å²) in [5.74, 6) is 0.210. The van der Waals surface area contributed by atoms with Crippen LogP contribution >= 0.6 is 54.5 Å². The van der Waals surface area contributed by atoms with Crippen molar-refractivity contribution < 1.29 is 9.59 Å². The highest BCUT2D eigenvalue weighted by Crippen LogP contribution is 2.41. The molecule has 2 nitrogen and oxygen atoms in total. The third-order valence-electron chi connectivity index (χ3n) is 2.77. The van der Waals surface area contributed by atoms with Crippen LogP contribution < -0.4 is 0 Å². The first-order valence-corrected chi connectivity index (χ1v) is 9.09. The van der Waals surface area contributed by atoms with Gasteiger partial charge in [-0.25, -0.2) is 0 Å². The SMILES string of the molecule is Cc1c(C(=O)CBr)sc2sc(C(=O)CBr)c(C)c12. The number of carbonyl (C=O) groups excluding carboxylic acids is 2. The fraction of sp³-hybridized carbons (Fsp3) is 0.333. The van der Waals surface area contributed by atoms with Crippen molar-refractivity contribution in [2.75, 3.05) is 10.7 Å². The van der Waals surface area contributed by atoms with Gasteiger partial charge in [0.25, 0.3) is 0 Å². The van der Waals surface area contributed by atoms with Crippen LogP contribution in [-0.4, -0.2) is 22.2 Å². The Morgan fingerprint density at radius 1 is 0.944 bits per heavy atom. The van der Waals surface area contributed by atoms with Gasteiger partial charge in [-0.3, -0.25) is 9.59 Å². The second-order valence-electron chi connectivity index (χ2n) is 3.89. The van der Waals surface area contributed by atoms with Gasteiger partial charge in [0, 0.05) is 5.39 Å². The van der Waals surface area contributed by atoms with E-state index in [4.69, 9.17) is 0 Å². The number of alkyl halides is 2. The smallest absolute Gasteiger partial charge is 0.183 e. The second kappa shape index (κ2) is 5.53. The van der Waals surface area contributed by atoms with Crippen molar-refractivity contribution in [1.29, 1.82) is 0 Å². The number of hydrogen-bond donors (Lipinski definition) is 0. The van der Waals surface area contributed by atoms with Gasteiger partial charge in [-0.1, -0.05) is 31.9 Å². The lowest BCUT2D eigenvalue weighted by Gasteiger charge is -1.98. The second-order valence-corrected chi connectivity index (χ2v) is 7.31. The van der Waals surface area contributed by atoms with Crippen molar-refractivity contribution in [3.05, 3.63) is 20.9 Å². The van der Waals surface area contributed by atoms with Crippen LogP contribution in [0.5, 0.6) is 0 Å². The maximum atomic E-state index is 11.8. The van der Waals surface area contributed by atoms with Crippen LogP contribution in [0.25, 0.3) is 9.40 Å². The molecule has 0 saturated carbocycles. The molecule has 0 bridgehead atoms. The van der Waals surface area contributed by atoms with Gasteiger partial charge in [0.1, 0.15) is 0 Å². The van der Waals surface area contributed by atoms with Crippen LogP contribution in [0.3, 0.4) is 0 Å². The Kier molecular flexibility index (Phi) is 4.41. The minimum atomic E-state index is 0.105. The van der Waals surface area contributed by atoms with E-state index >= 15 is 0 Å². The van der Waals surface area contributed by atoms with Gasteiger partial charge in [0.2, 0.25) is 0 Å². The first-order valence-electron chi connectivity index (χ1n) is 5.22. The first-order chi connectivity index (χ1) is 8.51. The van der Waals surface area contributed by atoms with E-state index in [1.54, 1.807) is 0 Å². The fourth-order valence-electron chi connectivity index (χ4n) is 1.93. The topological polar surface area (TPSA) is 34.1 Å². The Labute approximate surface area is 130 Å². The van der Waals surface area contributed by atoms with Crippen molar-refractivity contribution in [2.45, 2.75) is 13.8 Å². The number of thiophene rings is 2. The molecule has 2 heterocycles. The number of carbonyl (C=O) groups is 2. The lowest BCUT2D eigenvalue weighted by molar-refractivity contribution is 0.101. The maximum Gasteiger partial charge on any atom is 0.183 e. The van der Waals surface area contributed by atoms with Crippen LogP contribution in [0.1, 0.15) is 30.5 Å². The number of rotatable bonds is 4. The molecule has 0 N–H and O–H groups in total. The molecule has 2 aromatic rings. The van der Waals surface area contributed by atoms with Crippen molar-refractivity contribution in [1.82, 2.24) is 0 Å². The number of aryl methyl sites for hydroxylation is 2. The monoisotopic (exact) mass is 408 g/mol. The normalized spacial score (nSPS) is 11.1. The Bertz CT molecular complexity index is 589. The van der Waals surface area contributed by atoms with Gasteiger partial charge < -0.3 is 0 Å². The van der Waals surface area contributed by atoms with Gasteiger partial charge in [-0.2, -0.15) is 0 Å². The average molecular weight is 410 g/mol. The Morgan fingerprint density at radius 3 is 1.61 bits per heavy atom. The highest BCUT2D eigenvalue weighted by Gasteiger charge is 2.22. The molecule has 0 fully saturated rings. The zero-order valence-corrected chi connectivity index (χ0v) is 14.6. The van der Waals surface area contributed by atoms with E-state index in [1.807, 2.05) is 13.8 Å². The summed E-state index contributed by atoms with van der Waals surface area (Å²) in [7, 11) is 0. The molecule has 0 aliphatic carbocycles. The molecule has 6 heteroatoms. The minimum Gasteiger partial charge on any atom is -0.292 e. The summed E-state index contributed by atoms with van der Waals surface area (Å²) in [4.78, 5) is 25.2. The van der Waals surface area contributed by atoms with E-state index in [0.717, 1.165) is 30.3 Å². The van der Waals surface area contributed by atoms with E-state index in [9.17, 15) is 9.59 Å². The van der Waals surface area contributed by atoms with Crippen LogP contribution in [0, 0.1) is 13.8 Å². The maximum absolute atomic E-state index is 11.8. The number of ketones is 2. The Hall–Kier alpha value is -0.0400. The molecule has 0 radical (unpaired) electrons. The molecule has 0 atom stereocenters. The quantitative estimate of drug-likeness (QED) is 0.540. The lowest BCUT2D eigenvalue weighted by Crippen LogP contribution is -2.00. The highest BCUT2D eigenvalue weighted by molar-refractivity contribution is 9.09. The third kappa shape index (κ3) is 2.24. The molecule has 96 valence electrons. The number of hydrogen-bond acceptors (Lipinski definition) is 4. The Morgan fingerprint density at radius 2 is 1.33 bits per heavy atom. The van der Waals surface area contributed by atoms with E-state index in [2.05, 4.69) is 31.9 Å². The van der Waals surface area contributed by atoms with E-state index in [1.165, 1.54) is 22.7 Å². The number of Topliss-reactive ketones (excluding diaryl/α,β-unsaturated/α-hetero) is 2. The molecular formula is C12H10Br2O2S2. The minimum absolute atomic E-state index is 0.105. The van der Waals surface area contributed by atoms with E-state index < -0.39 is 0 Å². The summed E-state index contributed by atoms with van der Waals surface area (Å²) in [6.45, 7) is 3.91. The third-order valence-corrected chi connectivity index (χ3v) is 6.55. The summed E-state index contributed by atoms with van der Waals surface area (Å²) < 4.78 is 1.07. The predicted octanol–water partition coefficient (Wildman–Crippen LogP) is 4.73. The summed E-state index contributed by atoms with van der Waals surface area (Å²) in [5, 5.41) is 1.76. The van der Waals surface area contributed by atoms with E-state index in [0.29, 0.717) is 10.7 Å². The van der Waals surface area contributed by atoms with Crippen molar-refractivity contribution in [2.24, 2.45) is 0 Å². The predicted molar refractivity (Wildman–Crippen MR) is 85.4 cm³/mol. The number of halogens is 2. The van der Waals surface area contributed by atoms with Crippen LogP contribution in [0.15, 0.2) is 0 Å². The zero-order chi connectivity index (χ0) is 13.4. The van der Waals surface area contributed by atoms with Crippen molar-refractivity contribution in [3.63, 3.8) is 0 Å². The average Bonchev–Trinajstić information content (AvgIpc) is 2.86. The van der Waals surface area contributed by atoms with Crippen LogP contribution in [0.2, 0.25) is 0 Å². The zero-order valence-electron chi connectivity index (χ0n) is 9.80. The standard InChI is InChI=1S/C12H10Br2O2S2/c1-5-9-6(2)11(8(16)4-14)18-12(9)17-10(5)7(15)3-13/h3-4H2,1-2H3. The molecule has 0 aromatic carbocycles. The molecule has 0 amide bonds. The summed E-state index contributed by atoms with van der Waals surface area (Å²) in [5.41, 5.74) is 2.00. The van der Waals surface area contributed by atoms with Gasteiger partial charge >= 0.3 is 0 Å². The van der Waals surface area contributed by atoms with Gasteiger partial charge in [-0.05, 0) is 25.0 Å². The van der Waals surface area contributed by atoms with Gasteiger partial charge in [-0.15, -0.1) is 22.7 Å². The van der Waals surface area contributed by atoms with Crippen LogP contribution in [0.4, 0.5) is 0 Å². The van der Waals surface area contributed by atoms with E-state index in [-0.39, 0.29) is 11.6 Å². The molecule has 18 heavy (non-hydrogen) atoms. The molecule has 0 aliphatic rings. The molecule has 0 saturated heterocycles. The molecule has 0 aliphatic heterocycles. The fourth-order valence-corrected chi connectivity index (χ4v) is 5.60. The molecular weight excluding hydrogens is 400 g/mol. The largest absolute Gasteiger partial charge is 0.292 e. The molecule has 0 unspecified atom stereocenters. The van der Waals surface area contributed by atoms with Crippen molar-refractivity contribution in [3.8, 4) is 0 Å². The Balaban J connectivity index is 2.65. The number of fused-ring (bicyclic) bond motifs is 1. The van der Waals surface area contributed by atoms with Gasteiger partial charge in [0.15, 0.2) is 11.6 Å². The summed E-state index contributed by atoms with van der Waals surface area (Å²) >= 11 is 9.38.